The van der Waals surface area contributed by atoms with Gasteiger partial charge in [0.1, 0.15) is 5.92 Å². The lowest BCUT2D eigenvalue weighted by atomic mass is 10.1. The van der Waals surface area contributed by atoms with Gasteiger partial charge in [0.15, 0.2) is 0 Å². The topological polar surface area (TPSA) is 49.4 Å². The summed E-state index contributed by atoms with van der Waals surface area (Å²) in [5.74, 6) is -0.872. The van der Waals surface area contributed by atoms with E-state index in [-0.39, 0.29) is 11.8 Å². The average Bonchev–Trinajstić information content (AvgIpc) is 2.73. The lowest BCUT2D eigenvalue weighted by molar-refractivity contribution is -0.132. The monoisotopic (exact) mass is 266 g/mol. The number of anilines is 1. The Balaban J connectivity index is 2.12. The van der Waals surface area contributed by atoms with E-state index in [4.69, 9.17) is 11.6 Å². The molecule has 0 radical (unpaired) electrons. The van der Waals surface area contributed by atoms with Crippen LogP contribution in [-0.2, 0) is 9.59 Å². The Labute approximate surface area is 111 Å². The quantitative estimate of drug-likeness (QED) is 0.849. The molecule has 1 aromatic carbocycles. The molecule has 18 heavy (non-hydrogen) atoms. The minimum atomic E-state index is -0.555. The second-order valence-electron chi connectivity index (χ2n) is 4.20. The summed E-state index contributed by atoms with van der Waals surface area (Å²) in [4.78, 5) is 25.5. The minimum Gasteiger partial charge on any atom is -0.356 e. The summed E-state index contributed by atoms with van der Waals surface area (Å²) in [7, 11) is 0. The van der Waals surface area contributed by atoms with E-state index < -0.39 is 5.92 Å². The minimum absolute atomic E-state index is 0.136. The maximum atomic E-state index is 12.1. The van der Waals surface area contributed by atoms with Gasteiger partial charge in [0.05, 0.1) is 0 Å². The lowest BCUT2D eigenvalue weighted by Crippen LogP contribution is -2.36. The molecular weight excluding hydrogens is 252 g/mol. The molecule has 5 heteroatoms. The van der Waals surface area contributed by atoms with E-state index in [0.29, 0.717) is 24.5 Å². The van der Waals surface area contributed by atoms with Gasteiger partial charge in [0.25, 0.3) is 0 Å². The van der Waals surface area contributed by atoms with Crippen LogP contribution in [0.2, 0.25) is 5.02 Å². The highest BCUT2D eigenvalue weighted by Gasteiger charge is 2.37. The normalized spacial score (nSPS) is 19.1. The van der Waals surface area contributed by atoms with E-state index in [1.807, 2.05) is 6.92 Å². The SMILES string of the molecule is CCNC(=O)C1CCN(c2ccc(Cl)cc2)C1=O. The molecule has 0 spiro atoms. The second-order valence-corrected chi connectivity index (χ2v) is 4.64. The highest BCUT2D eigenvalue weighted by Crippen LogP contribution is 2.26. The first-order chi connectivity index (χ1) is 8.63. The van der Waals surface area contributed by atoms with Gasteiger partial charge < -0.3 is 10.2 Å². The molecule has 4 nitrogen and oxygen atoms in total. The van der Waals surface area contributed by atoms with E-state index in [2.05, 4.69) is 5.32 Å². The first kappa shape index (κ1) is 12.9. The molecule has 1 atom stereocenters. The number of benzene rings is 1. The molecule has 96 valence electrons. The fraction of sp³-hybridized carbons (Fsp3) is 0.385. The van der Waals surface area contributed by atoms with Crippen molar-refractivity contribution in [3.63, 3.8) is 0 Å². The van der Waals surface area contributed by atoms with Crippen molar-refractivity contribution in [2.45, 2.75) is 13.3 Å². The van der Waals surface area contributed by atoms with Crippen molar-refractivity contribution in [2.75, 3.05) is 18.0 Å². The molecule has 1 aliphatic rings. The number of rotatable bonds is 3. The molecule has 1 saturated heterocycles. The van der Waals surface area contributed by atoms with Crippen LogP contribution >= 0.6 is 11.6 Å². The van der Waals surface area contributed by atoms with E-state index in [0.717, 1.165) is 5.69 Å². The molecule has 0 bridgehead atoms. The number of carbonyl (C=O) groups excluding carboxylic acids is 2. The number of nitrogens with one attached hydrogen (secondary N) is 1. The highest BCUT2D eigenvalue weighted by molar-refractivity contribution is 6.30. The number of hydrogen-bond acceptors (Lipinski definition) is 2. The van der Waals surface area contributed by atoms with Gasteiger partial charge in [-0.1, -0.05) is 11.6 Å². The van der Waals surface area contributed by atoms with Crippen molar-refractivity contribution in [1.82, 2.24) is 5.32 Å². The van der Waals surface area contributed by atoms with Gasteiger partial charge in [0.2, 0.25) is 11.8 Å². The summed E-state index contributed by atoms with van der Waals surface area (Å²) in [6.45, 7) is 2.96. The fourth-order valence-corrected chi connectivity index (χ4v) is 2.22. The summed E-state index contributed by atoms with van der Waals surface area (Å²) >= 11 is 5.81. The van der Waals surface area contributed by atoms with Crippen molar-refractivity contribution in [1.29, 1.82) is 0 Å². The number of amides is 2. The Morgan fingerprint density at radius 3 is 2.72 bits per heavy atom. The summed E-state index contributed by atoms with van der Waals surface area (Å²) < 4.78 is 0. The van der Waals surface area contributed by atoms with E-state index in [9.17, 15) is 9.59 Å². The van der Waals surface area contributed by atoms with Crippen LogP contribution in [0.5, 0.6) is 0 Å². The Bertz CT molecular complexity index is 459. The maximum Gasteiger partial charge on any atom is 0.239 e. The third-order valence-electron chi connectivity index (χ3n) is 3.01. The number of nitrogens with zero attached hydrogens (tertiary/aromatic N) is 1. The molecule has 0 aliphatic carbocycles. The molecule has 1 aromatic rings. The van der Waals surface area contributed by atoms with Crippen LogP contribution < -0.4 is 10.2 Å². The molecule has 0 saturated carbocycles. The largest absolute Gasteiger partial charge is 0.356 e. The third kappa shape index (κ3) is 2.48. The van der Waals surface area contributed by atoms with Crippen LogP contribution in [0, 0.1) is 5.92 Å². The van der Waals surface area contributed by atoms with Gasteiger partial charge in [0, 0.05) is 23.8 Å². The van der Waals surface area contributed by atoms with Crippen LogP contribution in [0.3, 0.4) is 0 Å². The lowest BCUT2D eigenvalue weighted by Gasteiger charge is -2.16. The van der Waals surface area contributed by atoms with Crippen molar-refractivity contribution in [2.24, 2.45) is 5.92 Å². The Hall–Kier alpha value is -1.55. The molecule has 1 heterocycles. The van der Waals surface area contributed by atoms with Gasteiger partial charge in [-0.3, -0.25) is 9.59 Å². The molecular formula is C13H15ClN2O2. The van der Waals surface area contributed by atoms with Gasteiger partial charge >= 0.3 is 0 Å². The van der Waals surface area contributed by atoms with Crippen molar-refractivity contribution >= 4 is 29.1 Å². The predicted octanol–water partition coefficient (Wildman–Crippen LogP) is 1.83. The van der Waals surface area contributed by atoms with Gasteiger partial charge in [-0.2, -0.15) is 0 Å². The molecule has 1 fully saturated rings. The first-order valence-electron chi connectivity index (χ1n) is 5.98. The maximum absolute atomic E-state index is 12.1. The average molecular weight is 267 g/mol. The summed E-state index contributed by atoms with van der Waals surface area (Å²) in [5.41, 5.74) is 0.788. The van der Waals surface area contributed by atoms with Crippen LogP contribution in [0.1, 0.15) is 13.3 Å². The summed E-state index contributed by atoms with van der Waals surface area (Å²) in [6, 6.07) is 7.06. The zero-order valence-corrected chi connectivity index (χ0v) is 10.9. The second kappa shape index (κ2) is 5.40. The van der Waals surface area contributed by atoms with Crippen molar-refractivity contribution in [3.8, 4) is 0 Å². The Morgan fingerprint density at radius 2 is 2.11 bits per heavy atom. The standard InChI is InChI=1S/C13H15ClN2O2/c1-2-15-12(17)11-7-8-16(13(11)18)10-5-3-9(14)4-6-10/h3-6,11H,2,7-8H2,1H3,(H,15,17). The van der Waals surface area contributed by atoms with Crippen LogP contribution in [-0.4, -0.2) is 24.9 Å². The highest BCUT2D eigenvalue weighted by atomic mass is 35.5. The fourth-order valence-electron chi connectivity index (χ4n) is 2.10. The van der Waals surface area contributed by atoms with Gasteiger partial charge in [-0.25, -0.2) is 0 Å². The van der Waals surface area contributed by atoms with E-state index in [1.165, 1.54) is 0 Å². The zero-order valence-electron chi connectivity index (χ0n) is 10.1. The molecule has 1 unspecified atom stereocenters. The summed E-state index contributed by atoms with van der Waals surface area (Å²) in [5, 5.41) is 3.32. The van der Waals surface area contributed by atoms with Crippen LogP contribution in [0.25, 0.3) is 0 Å². The predicted molar refractivity (Wildman–Crippen MR) is 70.6 cm³/mol. The van der Waals surface area contributed by atoms with E-state index in [1.54, 1.807) is 29.2 Å². The number of hydrogen-bond donors (Lipinski definition) is 1. The van der Waals surface area contributed by atoms with Gasteiger partial charge in [-0.05, 0) is 37.6 Å². The molecule has 2 rings (SSSR count). The number of halogens is 1. The van der Waals surface area contributed by atoms with E-state index >= 15 is 0 Å². The van der Waals surface area contributed by atoms with Crippen LogP contribution in [0.15, 0.2) is 24.3 Å². The summed E-state index contributed by atoms with van der Waals surface area (Å²) in [6.07, 6.45) is 0.563. The molecule has 1 N–H and O–H groups in total. The Morgan fingerprint density at radius 1 is 1.44 bits per heavy atom. The van der Waals surface area contributed by atoms with Crippen LogP contribution in [0.4, 0.5) is 5.69 Å². The third-order valence-corrected chi connectivity index (χ3v) is 3.26. The smallest absolute Gasteiger partial charge is 0.239 e. The number of carbonyl (C=O) groups is 2. The zero-order chi connectivity index (χ0) is 13.1. The van der Waals surface area contributed by atoms with Gasteiger partial charge in [-0.15, -0.1) is 0 Å². The molecule has 0 aromatic heterocycles. The Kier molecular flexibility index (Phi) is 3.87. The molecule has 1 aliphatic heterocycles. The van der Waals surface area contributed by atoms with Crippen molar-refractivity contribution in [3.05, 3.63) is 29.3 Å². The van der Waals surface area contributed by atoms with Crippen molar-refractivity contribution < 1.29 is 9.59 Å². The molecule has 2 amide bonds. The first-order valence-corrected chi connectivity index (χ1v) is 6.36.